The van der Waals surface area contributed by atoms with Gasteiger partial charge in [0.15, 0.2) is 0 Å². The molecular formula is C18H26N6. The summed E-state index contributed by atoms with van der Waals surface area (Å²) in [5.74, 6) is 0.553. The van der Waals surface area contributed by atoms with Gasteiger partial charge in [-0.05, 0) is 61.9 Å². The number of hydrogen-bond donors (Lipinski definition) is 2. The van der Waals surface area contributed by atoms with Crippen molar-refractivity contribution in [3.05, 3.63) is 29.3 Å². The van der Waals surface area contributed by atoms with Crippen LogP contribution in [0.25, 0.3) is 5.69 Å². The van der Waals surface area contributed by atoms with Crippen LogP contribution in [0, 0.1) is 0 Å². The molecule has 0 unspecified atom stereocenters. The van der Waals surface area contributed by atoms with Gasteiger partial charge in [0, 0.05) is 12.6 Å². The molecule has 1 aliphatic heterocycles. The van der Waals surface area contributed by atoms with Crippen LogP contribution in [-0.2, 0) is 12.8 Å². The normalized spacial score (nSPS) is 19.8. The van der Waals surface area contributed by atoms with Gasteiger partial charge in [0.05, 0.1) is 5.69 Å². The highest BCUT2D eigenvalue weighted by Gasteiger charge is 2.23. The summed E-state index contributed by atoms with van der Waals surface area (Å²) < 4.78 is 1.63. The van der Waals surface area contributed by atoms with Crippen LogP contribution < -0.4 is 11.5 Å². The van der Waals surface area contributed by atoms with Crippen LogP contribution in [0.15, 0.2) is 18.2 Å². The molecule has 2 aliphatic rings. The zero-order chi connectivity index (χ0) is 16.5. The molecule has 128 valence electrons. The highest BCUT2D eigenvalue weighted by molar-refractivity contribution is 5.45. The number of anilines is 2. The summed E-state index contributed by atoms with van der Waals surface area (Å²) in [6, 6.07) is 7.30. The third kappa shape index (κ3) is 2.98. The lowest BCUT2D eigenvalue weighted by Gasteiger charge is -2.31. The average molecular weight is 326 g/mol. The lowest BCUT2D eigenvalue weighted by molar-refractivity contribution is 0.195. The van der Waals surface area contributed by atoms with Crippen molar-refractivity contribution in [1.82, 2.24) is 19.7 Å². The lowest BCUT2D eigenvalue weighted by Crippen LogP contribution is -2.37. The van der Waals surface area contributed by atoms with E-state index in [1.165, 1.54) is 49.8 Å². The van der Waals surface area contributed by atoms with Gasteiger partial charge in [0.2, 0.25) is 11.9 Å². The Morgan fingerprint density at radius 1 is 0.958 bits per heavy atom. The molecule has 6 nitrogen and oxygen atoms in total. The number of hydrogen-bond acceptors (Lipinski definition) is 5. The van der Waals surface area contributed by atoms with Gasteiger partial charge in [-0.25, -0.2) is 0 Å². The fourth-order valence-electron chi connectivity index (χ4n) is 4.23. The minimum absolute atomic E-state index is 0.214. The van der Waals surface area contributed by atoms with Gasteiger partial charge in [-0.3, -0.25) is 0 Å². The van der Waals surface area contributed by atoms with E-state index in [9.17, 15) is 0 Å². The number of aryl methyl sites for hydroxylation is 1. The molecule has 1 saturated carbocycles. The Hall–Kier alpha value is -2.08. The molecule has 2 aromatic rings. The molecule has 6 heteroatoms. The number of nitrogens with two attached hydrogens (primary N) is 2. The first-order valence-corrected chi connectivity index (χ1v) is 9.05. The van der Waals surface area contributed by atoms with Crippen molar-refractivity contribution < 1.29 is 0 Å². The van der Waals surface area contributed by atoms with E-state index < -0.39 is 0 Å². The van der Waals surface area contributed by atoms with Gasteiger partial charge in [0.1, 0.15) is 0 Å². The van der Waals surface area contributed by atoms with Gasteiger partial charge in [-0.1, -0.05) is 18.9 Å². The molecule has 0 saturated heterocycles. The summed E-state index contributed by atoms with van der Waals surface area (Å²) in [5.41, 5.74) is 15.4. The molecule has 0 bridgehead atoms. The van der Waals surface area contributed by atoms with Gasteiger partial charge in [0.25, 0.3) is 0 Å². The van der Waals surface area contributed by atoms with Crippen LogP contribution in [-0.4, -0.2) is 38.8 Å². The zero-order valence-corrected chi connectivity index (χ0v) is 14.1. The number of nitrogens with zero attached hydrogens (tertiary/aromatic N) is 4. The quantitative estimate of drug-likeness (QED) is 0.883. The topological polar surface area (TPSA) is 86.0 Å². The molecule has 1 aliphatic carbocycles. The van der Waals surface area contributed by atoms with Crippen molar-refractivity contribution in [3.8, 4) is 5.69 Å². The Morgan fingerprint density at radius 3 is 2.54 bits per heavy atom. The molecule has 1 aromatic heterocycles. The largest absolute Gasteiger partial charge is 0.368 e. The Balaban J connectivity index is 1.58. The maximum atomic E-state index is 5.91. The maximum Gasteiger partial charge on any atom is 0.241 e. The van der Waals surface area contributed by atoms with E-state index in [0.717, 1.165) is 31.1 Å². The molecule has 24 heavy (non-hydrogen) atoms. The van der Waals surface area contributed by atoms with Gasteiger partial charge >= 0.3 is 0 Å². The molecule has 4 rings (SSSR count). The first-order valence-electron chi connectivity index (χ1n) is 9.05. The van der Waals surface area contributed by atoms with Crippen LogP contribution in [0.5, 0.6) is 0 Å². The fraction of sp³-hybridized carbons (Fsp3) is 0.556. The standard InChI is InChI=1S/C18H26N6/c19-17-21-18(20)24(22-17)16-8-7-13-4-3-10-23(11-9-14(13)12-16)15-5-1-2-6-15/h7-8,12,15H,1-6,9-11H2,(H4,19,20,21,22). The minimum Gasteiger partial charge on any atom is -0.368 e. The fourth-order valence-corrected chi connectivity index (χ4v) is 4.23. The second-order valence-corrected chi connectivity index (χ2v) is 7.02. The Bertz CT molecular complexity index is 716. The van der Waals surface area contributed by atoms with Crippen molar-refractivity contribution in [1.29, 1.82) is 0 Å². The zero-order valence-electron chi connectivity index (χ0n) is 14.1. The minimum atomic E-state index is 0.214. The summed E-state index contributed by atoms with van der Waals surface area (Å²) in [6.45, 7) is 2.38. The molecule has 0 radical (unpaired) electrons. The maximum absolute atomic E-state index is 5.91. The van der Waals surface area contributed by atoms with E-state index in [1.54, 1.807) is 4.68 Å². The highest BCUT2D eigenvalue weighted by Crippen LogP contribution is 2.27. The van der Waals surface area contributed by atoms with Crippen molar-refractivity contribution in [2.75, 3.05) is 24.6 Å². The van der Waals surface area contributed by atoms with E-state index in [4.69, 9.17) is 11.5 Å². The van der Waals surface area contributed by atoms with Crippen LogP contribution in [0.2, 0.25) is 0 Å². The number of nitrogen functional groups attached to an aromatic ring is 2. The second kappa shape index (κ2) is 6.43. The second-order valence-electron chi connectivity index (χ2n) is 7.02. The number of aromatic nitrogens is 3. The Kier molecular flexibility index (Phi) is 4.14. The monoisotopic (exact) mass is 326 g/mol. The molecule has 0 atom stereocenters. The smallest absolute Gasteiger partial charge is 0.241 e. The highest BCUT2D eigenvalue weighted by atomic mass is 15.4. The van der Waals surface area contributed by atoms with Crippen LogP contribution >= 0.6 is 0 Å². The molecule has 0 spiro atoms. The van der Waals surface area contributed by atoms with E-state index >= 15 is 0 Å². The van der Waals surface area contributed by atoms with E-state index in [-0.39, 0.29) is 5.95 Å². The number of benzene rings is 1. The summed E-state index contributed by atoms with van der Waals surface area (Å²) in [4.78, 5) is 6.71. The molecule has 0 amide bonds. The Labute approximate surface area is 142 Å². The number of fused-ring (bicyclic) bond motifs is 1. The third-order valence-corrected chi connectivity index (χ3v) is 5.48. The van der Waals surface area contributed by atoms with E-state index in [0.29, 0.717) is 5.95 Å². The summed E-state index contributed by atoms with van der Waals surface area (Å²) in [6.07, 6.45) is 9.02. The molecule has 1 aromatic carbocycles. The summed E-state index contributed by atoms with van der Waals surface area (Å²) >= 11 is 0. The SMILES string of the molecule is Nc1nc(N)n(-c2ccc3c(c2)CCN(C2CCCC2)CCC3)n1. The molecular weight excluding hydrogens is 300 g/mol. The van der Waals surface area contributed by atoms with E-state index in [1.807, 2.05) is 0 Å². The first-order chi connectivity index (χ1) is 11.7. The summed E-state index contributed by atoms with van der Waals surface area (Å²) in [5, 5.41) is 4.20. The van der Waals surface area contributed by atoms with Gasteiger partial charge < -0.3 is 16.4 Å². The molecule has 2 heterocycles. The predicted octanol–water partition coefficient (Wildman–Crippen LogP) is 2.17. The van der Waals surface area contributed by atoms with Crippen molar-refractivity contribution in [3.63, 3.8) is 0 Å². The van der Waals surface area contributed by atoms with Crippen molar-refractivity contribution >= 4 is 11.9 Å². The van der Waals surface area contributed by atoms with Crippen molar-refractivity contribution in [2.45, 2.75) is 51.0 Å². The van der Waals surface area contributed by atoms with Crippen LogP contribution in [0.4, 0.5) is 11.9 Å². The Morgan fingerprint density at radius 2 is 1.79 bits per heavy atom. The van der Waals surface area contributed by atoms with Gasteiger partial charge in [-0.15, -0.1) is 5.10 Å². The summed E-state index contributed by atoms with van der Waals surface area (Å²) in [7, 11) is 0. The number of rotatable bonds is 2. The average Bonchev–Trinajstić information content (AvgIpc) is 3.18. The van der Waals surface area contributed by atoms with E-state index in [2.05, 4.69) is 33.2 Å². The molecule has 4 N–H and O–H groups in total. The first kappa shape index (κ1) is 15.4. The third-order valence-electron chi connectivity index (χ3n) is 5.48. The van der Waals surface area contributed by atoms with Gasteiger partial charge in [-0.2, -0.15) is 9.67 Å². The van der Waals surface area contributed by atoms with Crippen LogP contribution in [0.3, 0.4) is 0 Å². The van der Waals surface area contributed by atoms with Crippen molar-refractivity contribution in [2.24, 2.45) is 0 Å². The lowest BCUT2D eigenvalue weighted by atomic mass is 9.96. The van der Waals surface area contributed by atoms with Crippen LogP contribution in [0.1, 0.15) is 43.2 Å². The predicted molar refractivity (Wildman–Crippen MR) is 96.0 cm³/mol. The molecule has 1 fully saturated rings.